The first-order valence-electron chi connectivity index (χ1n) is 8.45. The van der Waals surface area contributed by atoms with Crippen molar-refractivity contribution < 1.29 is 4.79 Å². The van der Waals surface area contributed by atoms with Gasteiger partial charge in [-0.2, -0.15) is 5.10 Å². The third kappa shape index (κ3) is 3.68. The highest BCUT2D eigenvalue weighted by Crippen LogP contribution is 2.26. The topological polar surface area (TPSA) is 72.7 Å². The van der Waals surface area contributed by atoms with Crippen molar-refractivity contribution in [3.63, 3.8) is 0 Å². The molecule has 0 aliphatic rings. The molecule has 0 radical (unpaired) electrons. The van der Waals surface area contributed by atoms with E-state index in [1.54, 1.807) is 10.9 Å². The van der Waals surface area contributed by atoms with E-state index in [2.05, 4.69) is 20.4 Å². The summed E-state index contributed by atoms with van der Waals surface area (Å²) in [6.07, 6.45) is 3.24. The van der Waals surface area contributed by atoms with Crippen LogP contribution >= 0.6 is 11.8 Å². The molecule has 7 heteroatoms. The predicted octanol–water partition coefficient (Wildman–Crippen LogP) is 3.85. The molecule has 1 N–H and O–H groups in total. The Labute approximate surface area is 160 Å². The van der Waals surface area contributed by atoms with Gasteiger partial charge >= 0.3 is 0 Å². The number of carbonyl (C=O) groups excluding carboxylic acids is 1. The lowest BCUT2D eigenvalue weighted by molar-refractivity contribution is -0.113. The first kappa shape index (κ1) is 17.2. The van der Waals surface area contributed by atoms with Crippen LogP contribution in [0.15, 0.2) is 72.1 Å². The molecule has 0 atom stereocenters. The molecule has 0 saturated heterocycles. The quantitative estimate of drug-likeness (QED) is 0.424. The maximum absolute atomic E-state index is 12.3. The van der Waals surface area contributed by atoms with Crippen molar-refractivity contribution in [3.8, 4) is 5.69 Å². The zero-order valence-electron chi connectivity index (χ0n) is 14.7. The van der Waals surface area contributed by atoms with E-state index in [-0.39, 0.29) is 11.7 Å². The number of nitrogens with zero attached hydrogens (tertiary/aromatic N) is 4. The van der Waals surface area contributed by atoms with Gasteiger partial charge in [0.1, 0.15) is 11.4 Å². The van der Waals surface area contributed by atoms with E-state index in [9.17, 15) is 4.79 Å². The molecule has 0 aliphatic carbocycles. The highest BCUT2D eigenvalue weighted by Gasteiger charge is 2.13. The second kappa shape index (κ2) is 7.59. The Morgan fingerprint density at radius 1 is 1.07 bits per heavy atom. The Balaban J connectivity index is 1.52. The molecule has 6 nitrogen and oxygen atoms in total. The normalized spacial score (nSPS) is 10.9. The Bertz CT molecular complexity index is 1090. The average Bonchev–Trinajstić information content (AvgIpc) is 3.13. The number of amides is 1. The summed E-state index contributed by atoms with van der Waals surface area (Å²) >= 11 is 1.38. The number of aryl methyl sites for hydroxylation is 1. The van der Waals surface area contributed by atoms with Crippen LogP contribution in [0.2, 0.25) is 0 Å². The van der Waals surface area contributed by atoms with E-state index in [4.69, 9.17) is 0 Å². The monoisotopic (exact) mass is 375 g/mol. The summed E-state index contributed by atoms with van der Waals surface area (Å²) in [6, 6.07) is 17.5. The molecule has 0 aliphatic heterocycles. The van der Waals surface area contributed by atoms with Crippen molar-refractivity contribution >= 4 is 34.4 Å². The van der Waals surface area contributed by atoms with Crippen molar-refractivity contribution in [3.05, 3.63) is 72.7 Å². The number of aromatic nitrogens is 4. The number of carbonyl (C=O) groups is 1. The zero-order valence-corrected chi connectivity index (χ0v) is 15.5. The summed E-state index contributed by atoms with van der Waals surface area (Å²) in [5.41, 5.74) is 3.51. The molecule has 2 heterocycles. The second-order valence-electron chi connectivity index (χ2n) is 5.96. The highest BCUT2D eigenvalue weighted by atomic mass is 32.2. The molecule has 0 spiro atoms. The summed E-state index contributed by atoms with van der Waals surface area (Å²) in [6.45, 7) is 1.97. The first-order chi connectivity index (χ1) is 13.2. The smallest absolute Gasteiger partial charge is 0.234 e. The van der Waals surface area contributed by atoms with Gasteiger partial charge in [-0.3, -0.25) is 4.79 Å². The number of fused-ring (bicyclic) bond motifs is 1. The number of thioether (sulfide) groups is 1. The SMILES string of the molecule is Cc1ccccc1NC(=O)CSc1ncnc2c1cnn2-c1ccccc1. The first-order valence-corrected chi connectivity index (χ1v) is 9.43. The summed E-state index contributed by atoms with van der Waals surface area (Å²) in [5.74, 6) is 0.188. The molecule has 2 aromatic heterocycles. The van der Waals surface area contributed by atoms with Crippen LogP contribution in [0.3, 0.4) is 0 Å². The fourth-order valence-corrected chi connectivity index (χ4v) is 3.49. The second-order valence-corrected chi connectivity index (χ2v) is 6.92. The molecular weight excluding hydrogens is 358 g/mol. The van der Waals surface area contributed by atoms with Gasteiger partial charge < -0.3 is 5.32 Å². The number of para-hydroxylation sites is 2. The lowest BCUT2D eigenvalue weighted by Crippen LogP contribution is -2.14. The number of hydrogen-bond acceptors (Lipinski definition) is 5. The van der Waals surface area contributed by atoms with Crippen molar-refractivity contribution in [2.24, 2.45) is 0 Å². The fourth-order valence-electron chi connectivity index (χ4n) is 2.73. The van der Waals surface area contributed by atoms with E-state index in [1.165, 1.54) is 18.1 Å². The molecule has 0 bridgehead atoms. The van der Waals surface area contributed by atoms with Crippen LogP contribution in [-0.2, 0) is 4.79 Å². The largest absolute Gasteiger partial charge is 0.325 e. The molecule has 2 aromatic carbocycles. The van der Waals surface area contributed by atoms with Crippen LogP contribution in [-0.4, -0.2) is 31.4 Å². The molecule has 4 rings (SSSR count). The van der Waals surface area contributed by atoms with Gasteiger partial charge in [0.2, 0.25) is 5.91 Å². The van der Waals surface area contributed by atoms with Gasteiger partial charge in [0.05, 0.1) is 23.0 Å². The van der Waals surface area contributed by atoms with Crippen LogP contribution in [0, 0.1) is 6.92 Å². The van der Waals surface area contributed by atoms with E-state index in [0.717, 1.165) is 33.0 Å². The third-order valence-corrected chi connectivity index (χ3v) is 5.09. The fraction of sp³-hybridized carbons (Fsp3) is 0.100. The minimum Gasteiger partial charge on any atom is -0.325 e. The van der Waals surface area contributed by atoms with E-state index >= 15 is 0 Å². The minimum atomic E-state index is -0.0727. The lowest BCUT2D eigenvalue weighted by Gasteiger charge is -2.08. The van der Waals surface area contributed by atoms with Gasteiger partial charge in [0, 0.05) is 5.69 Å². The highest BCUT2D eigenvalue weighted by molar-refractivity contribution is 8.00. The summed E-state index contributed by atoms with van der Waals surface area (Å²) in [4.78, 5) is 21.0. The molecule has 1 amide bonds. The predicted molar refractivity (Wildman–Crippen MR) is 107 cm³/mol. The number of rotatable bonds is 5. The van der Waals surface area contributed by atoms with Crippen molar-refractivity contribution in [1.29, 1.82) is 0 Å². The summed E-state index contributed by atoms with van der Waals surface area (Å²) in [7, 11) is 0. The molecule has 0 saturated carbocycles. The Morgan fingerprint density at radius 3 is 2.67 bits per heavy atom. The Kier molecular flexibility index (Phi) is 4.84. The standard InChI is InChI=1S/C20H17N5OS/c1-14-7-5-6-10-17(14)24-18(26)12-27-20-16-11-23-25(19(16)21-13-22-20)15-8-3-2-4-9-15/h2-11,13H,12H2,1H3,(H,24,26). The summed E-state index contributed by atoms with van der Waals surface area (Å²) < 4.78 is 1.77. The number of anilines is 1. The van der Waals surface area contributed by atoms with Crippen molar-refractivity contribution in [1.82, 2.24) is 19.7 Å². The number of benzene rings is 2. The minimum absolute atomic E-state index is 0.0727. The van der Waals surface area contributed by atoms with Gasteiger partial charge in [0.25, 0.3) is 0 Å². The van der Waals surface area contributed by atoms with Gasteiger partial charge in [0.15, 0.2) is 5.65 Å². The van der Waals surface area contributed by atoms with E-state index in [0.29, 0.717) is 0 Å². The van der Waals surface area contributed by atoms with Gasteiger partial charge in [-0.05, 0) is 30.7 Å². The van der Waals surface area contributed by atoms with Gasteiger partial charge in [-0.15, -0.1) is 0 Å². The van der Waals surface area contributed by atoms with Crippen molar-refractivity contribution in [2.45, 2.75) is 11.9 Å². The lowest BCUT2D eigenvalue weighted by atomic mass is 10.2. The average molecular weight is 375 g/mol. The molecule has 0 unspecified atom stereocenters. The molecule has 27 heavy (non-hydrogen) atoms. The van der Waals surface area contributed by atoms with Crippen LogP contribution in [0.25, 0.3) is 16.7 Å². The molecule has 0 fully saturated rings. The number of hydrogen-bond donors (Lipinski definition) is 1. The van der Waals surface area contributed by atoms with Crippen LogP contribution in [0.4, 0.5) is 5.69 Å². The Morgan fingerprint density at radius 2 is 1.85 bits per heavy atom. The van der Waals surface area contributed by atoms with Gasteiger partial charge in [-0.25, -0.2) is 14.6 Å². The summed E-state index contributed by atoms with van der Waals surface area (Å²) in [5, 5.41) is 8.94. The molecule has 134 valence electrons. The Hall–Kier alpha value is -3.19. The maximum Gasteiger partial charge on any atom is 0.234 e. The van der Waals surface area contributed by atoms with Crippen LogP contribution < -0.4 is 5.32 Å². The van der Waals surface area contributed by atoms with Crippen molar-refractivity contribution in [2.75, 3.05) is 11.1 Å². The molecular formula is C20H17N5OS. The third-order valence-electron chi connectivity index (χ3n) is 4.09. The zero-order chi connectivity index (χ0) is 18.6. The van der Waals surface area contributed by atoms with E-state index in [1.807, 2.05) is 61.5 Å². The van der Waals surface area contributed by atoms with Crippen LogP contribution in [0.5, 0.6) is 0 Å². The van der Waals surface area contributed by atoms with Crippen LogP contribution in [0.1, 0.15) is 5.56 Å². The number of nitrogens with one attached hydrogen (secondary N) is 1. The van der Waals surface area contributed by atoms with Gasteiger partial charge in [-0.1, -0.05) is 48.2 Å². The molecule has 4 aromatic rings. The van der Waals surface area contributed by atoms with E-state index < -0.39 is 0 Å². The maximum atomic E-state index is 12.3.